The van der Waals surface area contributed by atoms with Crippen molar-refractivity contribution in [1.29, 1.82) is 0 Å². The van der Waals surface area contributed by atoms with Crippen LogP contribution in [-0.4, -0.2) is 74.8 Å². The maximum absolute atomic E-state index is 11.8. The minimum absolute atomic E-state index is 0.0849. The van der Waals surface area contributed by atoms with Gasteiger partial charge in [0.05, 0.1) is 12.7 Å². The summed E-state index contributed by atoms with van der Waals surface area (Å²) in [5.74, 6) is 0.557. The monoisotopic (exact) mass is 313 g/mol. The van der Waals surface area contributed by atoms with Crippen molar-refractivity contribution in [2.75, 3.05) is 46.4 Å². The number of rotatable bonds is 5. The van der Waals surface area contributed by atoms with Gasteiger partial charge in [-0.3, -0.25) is 4.79 Å². The van der Waals surface area contributed by atoms with E-state index in [2.05, 4.69) is 32.9 Å². The molecule has 1 atom stereocenters. The molecule has 0 radical (unpaired) electrons. The lowest BCUT2D eigenvalue weighted by Gasteiger charge is -2.30. The predicted octanol–water partition coefficient (Wildman–Crippen LogP) is -0.213. The molecule has 1 fully saturated rings. The Balaban J connectivity index is 2.43. The average Bonchev–Trinajstić information content (AvgIpc) is 2.40. The van der Waals surface area contributed by atoms with E-state index < -0.39 is 0 Å². The molecule has 0 aromatic heterocycles. The predicted molar refractivity (Wildman–Crippen MR) is 89.1 cm³/mol. The van der Waals surface area contributed by atoms with Gasteiger partial charge in [0.25, 0.3) is 0 Å². The largest absolute Gasteiger partial charge is 0.374 e. The van der Waals surface area contributed by atoms with Gasteiger partial charge in [-0.1, -0.05) is 0 Å². The van der Waals surface area contributed by atoms with E-state index in [1.165, 1.54) is 0 Å². The topological polar surface area (TPSA) is 78.0 Å². The van der Waals surface area contributed by atoms with E-state index in [1.54, 1.807) is 0 Å². The summed E-state index contributed by atoms with van der Waals surface area (Å²) in [5, 5.41) is 9.27. The van der Waals surface area contributed by atoms with Crippen molar-refractivity contribution in [3.63, 3.8) is 0 Å². The first-order valence-corrected chi connectivity index (χ1v) is 7.93. The Hall–Kier alpha value is -1.34. The number of carbonyl (C=O) groups is 1. The molecule has 3 N–H and O–H groups in total. The van der Waals surface area contributed by atoms with Crippen LogP contribution in [-0.2, 0) is 9.53 Å². The van der Waals surface area contributed by atoms with Crippen molar-refractivity contribution in [1.82, 2.24) is 20.9 Å². The summed E-state index contributed by atoms with van der Waals surface area (Å²) < 4.78 is 5.70. The van der Waals surface area contributed by atoms with Crippen LogP contribution in [0.2, 0.25) is 0 Å². The van der Waals surface area contributed by atoms with Crippen molar-refractivity contribution in [3.05, 3.63) is 0 Å². The number of hydrogen-bond acceptors (Lipinski definition) is 4. The quantitative estimate of drug-likeness (QED) is 0.483. The number of likely N-dealkylation sites (N-methyl/N-ethyl adjacent to an activating group) is 1. The Bertz CT molecular complexity index is 379. The third-order valence-electron chi connectivity index (χ3n) is 3.08. The van der Waals surface area contributed by atoms with Crippen LogP contribution in [0.5, 0.6) is 0 Å². The zero-order valence-electron chi connectivity index (χ0n) is 14.5. The van der Waals surface area contributed by atoms with E-state index in [0.29, 0.717) is 12.5 Å². The molecule has 0 bridgehead atoms. The molecule has 1 aliphatic heterocycles. The van der Waals surface area contributed by atoms with E-state index in [-0.39, 0.29) is 24.1 Å². The standard InChI is InChI=1S/C15H31N5O2/c1-6-16-14(18-10-13(21)19-15(2,3)4)17-9-12-11-20(5)7-8-22-12/h12H,6-11H2,1-5H3,(H,19,21)(H2,16,17,18). The lowest BCUT2D eigenvalue weighted by molar-refractivity contribution is -0.121. The second-order valence-corrected chi connectivity index (χ2v) is 6.63. The highest BCUT2D eigenvalue weighted by atomic mass is 16.5. The molecule has 128 valence electrons. The summed E-state index contributed by atoms with van der Waals surface area (Å²) >= 11 is 0. The van der Waals surface area contributed by atoms with E-state index in [9.17, 15) is 4.79 Å². The summed E-state index contributed by atoms with van der Waals surface area (Å²) in [7, 11) is 2.09. The SMILES string of the molecule is CCNC(=NCC(=O)NC(C)(C)C)NCC1CN(C)CCO1. The maximum Gasteiger partial charge on any atom is 0.242 e. The molecule has 0 aromatic rings. The van der Waals surface area contributed by atoms with E-state index in [1.807, 2.05) is 27.7 Å². The smallest absolute Gasteiger partial charge is 0.242 e. The van der Waals surface area contributed by atoms with Gasteiger partial charge in [-0.15, -0.1) is 0 Å². The number of carbonyl (C=O) groups excluding carboxylic acids is 1. The first-order chi connectivity index (χ1) is 10.3. The Morgan fingerprint density at radius 1 is 1.36 bits per heavy atom. The fraction of sp³-hybridized carbons (Fsp3) is 0.867. The number of hydrogen-bond donors (Lipinski definition) is 3. The molecule has 0 spiro atoms. The molecule has 1 saturated heterocycles. The molecule has 1 unspecified atom stereocenters. The van der Waals surface area contributed by atoms with Gasteiger partial charge >= 0.3 is 0 Å². The molecule has 0 aromatic carbocycles. The Kier molecular flexibility index (Phi) is 7.61. The van der Waals surface area contributed by atoms with Crippen LogP contribution in [0.15, 0.2) is 4.99 Å². The lowest BCUT2D eigenvalue weighted by Crippen LogP contribution is -2.48. The third kappa shape index (κ3) is 8.19. The van der Waals surface area contributed by atoms with E-state index in [4.69, 9.17) is 4.74 Å². The van der Waals surface area contributed by atoms with Gasteiger partial charge in [0.1, 0.15) is 6.54 Å². The molecule has 1 heterocycles. The van der Waals surface area contributed by atoms with Crippen LogP contribution in [0.3, 0.4) is 0 Å². The molecule has 1 rings (SSSR count). The van der Waals surface area contributed by atoms with Crippen molar-refractivity contribution in [2.45, 2.75) is 39.3 Å². The average molecular weight is 313 g/mol. The number of morpholine rings is 1. The summed E-state index contributed by atoms with van der Waals surface area (Å²) in [6, 6.07) is 0. The molecule has 1 aliphatic rings. The van der Waals surface area contributed by atoms with Crippen molar-refractivity contribution in [2.24, 2.45) is 4.99 Å². The van der Waals surface area contributed by atoms with Crippen LogP contribution in [0.25, 0.3) is 0 Å². The first kappa shape index (κ1) is 18.7. The van der Waals surface area contributed by atoms with Gasteiger partial charge < -0.3 is 25.6 Å². The van der Waals surface area contributed by atoms with Gasteiger partial charge in [-0.2, -0.15) is 0 Å². The zero-order chi connectivity index (χ0) is 16.6. The second-order valence-electron chi connectivity index (χ2n) is 6.63. The third-order valence-corrected chi connectivity index (χ3v) is 3.08. The molecule has 0 aliphatic carbocycles. The Labute approximate surface area is 133 Å². The highest BCUT2D eigenvalue weighted by Crippen LogP contribution is 2.01. The number of guanidine groups is 1. The minimum Gasteiger partial charge on any atom is -0.374 e. The number of amides is 1. The molecule has 7 heteroatoms. The van der Waals surface area contributed by atoms with E-state index >= 15 is 0 Å². The summed E-state index contributed by atoms with van der Waals surface area (Å²) in [5.41, 5.74) is -0.237. The fourth-order valence-electron chi connectivity index (χ4n) is 2.15. The summed E-state index contributed by atoms with van der Waals surface area (Å²) in [6.45, 7) is 12.0. The van der Waals surface area contributed by atoms with Gasteiger partial charge in [-0.25, -0.2) is 4.99 Å². The summed E-state index contributed by atoms with van der Waals surface area (Å²) in [6.07, 6.45) is 0.144. The molecule has 0 saturated carbocycles. The Morgan fingerprint density at radius 3 is 2.68 bits per heavy atom. The molecule has 1 amide bonds. The molecular weight excluding hydrogens is 282 g/mol. The lowest BCUT2D eigenvalue weighted by atomic mass is 10.1. The van der Waals surface area contributed by atoms with Crippen LogP contribution in [0.1, 0.15) is 27.7 Å². The van der Waals surface area contributed by atoms with Gasteiger partial charge in [-0.05, 0) is 34.7 Å². The fourth-order valence-corrected chi connectivity index (χ4v) is 2.15. The minimum atomic E-state index is -0.237. The number of nitrogens with zero attached hydrogens (tertiary/aromatic N) is 2. The van der Waals surface area contributed by atoms with Gasteiger partial charge in [0.15, 0.2) is 5.96 Å². The van der Waals surface area contributed by atoms with Crippen molar-refractivity contribution >= 4 is 11.9 Å². The molecule has 22 heavy (non-hydrogen) atoms. The second kappa shape index (κ2) is 8.95. The highest BCUT2D eigenvalue weighted by molar-refractivity contribution is 5.85. The van der Waals surface area contributed by atoms with Crippen LogP contribution >= 0.6 is 0 Å². The van der Waals surface area contributed by atoms with Crippen molar-refractivity contribution < 1.29 is 9.53 Å². The maximum atomic E-state index is 11.8. The first-order valence-electron chi connectivity index (χ1n) is 7.93. The molecular formula is C15H31N5O2. The van der Waals surface area contributed by atoms with Gasteiger partial charge in [0, 0.05) is 31.7 Å². The van der Waals surface area contributed by atoms with Gasteiger partial charge in [0.2, 0.25) is 5.91 Å². The summed E-state index contributed by atoms with van der Waals surface area (Å²) in [4.78, 5) is 18.4. The normalized spacial score (nSPS) is 20.6. The van der Waals surface area contributed by atoms with Crippen LogP contribution in [0, 0.1) is 0 Å². The highest BCUT2D eigenvalue weighted by Gasteiger charge is 2.18. The van der Waals surface area contributed by atoms with Crippen LogP contribution < -0.4 is 16.0 Å². The number of ether oxygens (including phenoxy) is 1. The zero-order valence-corrected chi connectivity index (χ0v) is 14.5. The van der Waals surface area contributed by atoms with Crippen LogP contribution in [0.4, 0.5) is 0 Å². The van der Waals surface area contributed by atoms with E-state index in [0.717, 1.165) is 26.2 Å². The number of aliphatic imine (C=N–C) groups is 1. The number of nitrogens with one attached hydrogen (secondary N) is 3. The molecule has 7 nitrogen and oxygen atoms in total. The van der Waals surface area contributed by atoms with Crippen molar-refractivity contribution in [3.8, 4) is 0 Å². The Morgan fingerprint density at radius 2 is 2.09 bits per heavy atom.